The smallest absolute Gasteiger partial charge is 0.306 e. The number of Topliss-reactive ketones (excluding diaryl/α,β-unsaturated/α-hetero) is 1. The predicted octanol–water partition coefficient (Wildman–Crippen LogP) is 6.74. The maximum atomic E-state index is 12.1. The molecule has 1 N–H and O–H groups in total. The van der Waals surface area contributed by atoms with Gasteiger partial charge in [0.25, 0.3) is 0 Å². The first-order valence-electron chi connectivity index (χ1n) is 12.9. The lowest BCUT2D eigenvalue weighted by Crippen LogP contribution is -2.53. The summed E-state index contributed by atoms with van der Waals surface area (Å²) in [6, 6.07) is 0. The molecule has 170 valence electrons. The van der Waals surface area contributed by atoms with Crippen molar-refractivity contribution in [3.05, 3.63) is 0 Å². The zero-order chi connectivity index (χ0) is 21.7. The molecule has 3 nitrogen and oxygen atoms in total. The summed E-state index contributed by atoms with van der Waals surface area (Å²) in [4.78, 5) is 23.2. The molecule has 4 fully saturated rings. The number of hydrogen-bond acceptors (Lipinski definition) is 2. The molecule has 0 radical (unpaired) electrons. The van der Waals surface area contributed by atoms with Crippen LogP contribution in [0.5, 0.6) is 0 Å². The third-order valence-electron chi connectivity index (χ3n) is 11.0. The van der Waals surface area contributed by atoms with Crippen LogP contribution in [0.2, 0.25) is 0 Å². The Hall–Kier alpha value is -0.860. The summed E-state index contributed by atoms with van der Waals surface area (Å²) in [6.07, 6.45) is 14.0. The standard InChI is InChI=1S/C27H44O3/c1-17(6-5-7-18(2)25(29)30)22-10-11-23-21-9-8-19-16-20(28)12-14-26(19,3)24(21)13-15-27(22,23)4/h17-19,21-24H,5-16H2,1-4H3,(H,29,30)/t17-,18?,19+,21+,22-,23+,24+,26+,27-/m1/s1. The number of fused-ring (bicyclic) bond motifs is 5. The minimum Gasteiger partial charge on any atom is -0.481 e. The van der Waals surface area contributed by atoms with Gasteiger partial charge in [-0.2, -0.15) is 0 Å². The number of carboxylic acid groups (broad SMARTS) is 1. The van der Waals surface area contributed by atoms with E-state index in [1.807, 2.05) is 6.92 Å². The highest BCUT2D eigenvalue weighted by molar-refractivity contribution is 5.79. The zero-order valence-corrected chi connectivity index (χ0v) is 19.8. The molecule has 9 atom stereocenters. The topological polar surface area (TPSA) is 54.4 Å². The maximum absolute atomic E-state index is 12.1. The van der Waals surface area contributed by atoms with E-state index in [9.17, 15) is 9.59 Å². The number of ketones is 1. The Labute approximate surface area is 183 Å². The van der Waals surface area contributed by atoms with E-state index in [0.717, 1.165) is 55.8 Å². The minimum atomic E-state index is -0.651. The summed E-state index contributed by atoms with van der Waals surface area (Å²) < 4.78 is 0. The van der Waals surface area contributed by atoms with E-state index in [1.54, 1.807) is 0 Å². The number of aliphatic carboxylic acids is 1. The average Bonchev–Trinajstić information content (AvgIpc) is 3.05. The van der Waals surface area contributed by atoms with Crippen molar-refractivity contribution >= 4 is 11.8 Å². The van der Waals surface area contributed by atoms with Crippen LogP contribution in [0.4, 0.5) is 0 Å². The third kappa shape index (κ3) is 3.66. The van der Waals surface area contributed by atoms with Crippen molar-refractivity contribution in [1.82, 2.24) is 0 Å². The van der Waals surface area contributed by atoms with Crippen molar-refractivity contribution in [3.63, 3.8) is 0 Å². The Morgan fingerprint density at radius 2 is 1.73 bits per heavy atom. The molecular formula is C27H44O3. The summed E-state index contributed by atoms with van der Waals surface area (Å²) in [5.74, 6) is 4.41. The van der Waals surface area contributed by atoms with Crippen LogP contribution in [-0.2, 0) is 9.59 Å². The number of carbonyl (C=O) groups is 2. The van der Waals surface area contributed by atoms with Gasteiger partial charge in [0.2, 0.25) is 0 Å². The van der Waals surface area contributed by atoms with Crippen LogP contribution in [0, 0.1) is 52.3 Å². The van der Waals surface area contributed by atoms with Gasteiger partial charge in [0, 0.05) is 12.8 Å². The van der Waals surface area contributed by atoms with Crippen LogP contribution in [-0.4, -0.2) is 16.9 Å². The molecule has 0 aliphatic heterocycles. The average molecular weight is 417 g/mol. The lowest BCUT2D eigenvalue weighted by molar-refractivity contribution is -0.141. The van der Waals surface area contributed by atoms with E-state index in [0.29, 0.717) is 28.4 Å². The SMILES string of the molecule is CC(CCC[C@@H](C)[C@H]1CC[C@H]2[C@@H]3CC[C@H]4CC(=O)CC[C@]4(C)[C@H]3CC[C@]12C)C(=O)O. The first-order valence-corrected chi connectivity index (χ1v) is 12.9. The van der Waals surface area contributed by atoms with Crippen molar-refractivity contribution in [1.29, 1.82) is 0 Å². The summed E-state index contributed by atoms with van der Waals surface area (Å²) in [7, 11) is 0. The molecule has 4 saturated carbocycles. The minimum absolute atomic E-state index is 0.210. The highest BCUT2D eigenvalue weighted by Gasteiger charge is 2.60. The highest BCUT2D eigenvalue weighted by atomic mass is 16.4. The van der Waals surface area contributed by atoms with Crippen molar-refractivity contribution in [2.24, 2.45) is 52.3 Å². The molecule has 0 aromatic heterocycles. The Morgan fingerprint density at radius 3 is 2.47 bits per heavy atom. The van der Waals surface area contributed by atoms with Gasteiger partial charge in [-0.3, -0.25) is 9.59 Å². The van der Waals surface area contributed by atoms with Gasteiger partial charge < -0.3 is 5.11 Å². The lowest BCUT2D eigenvalue weighted by atomic mass is 9.44. The number of hydrogen-bond donors (Lipinski definition) is 1. The zero-order valence-electron chi connectivity index (χ0n) is 19.8. The van der Waals surface area contributed by atoms with E-state index in [2.05, 4.69) is 20.8 Å². The second kappa shape index (κ2) is 8.24. The van der Waals surface area contributed by atoms with Gasteiger partial charge in [-0.15, -0.1) is 0 Å². The van der Waals surface area contributed by atoms with E-state index in [1.165, 1.54) is 44.9 Å². The van der Waals surface area contributed by atoms with E-state index in [4.69, 9.17) is 5.11 Å². The van der Waals surface area contributed by atoms with Crippen molar-refractivity contribution in [2.75, 3.05) is 0 Å². The number of rotatable bonds is 6. The Bertz CT molecular complexity index is 671. The first-order chi connectivity index (χ1) is 14.2. The van der Waals surface area contributed by atoms with E-state index in [-0.39, 0.29) is 5.92 Å². The summed E-state index contributed by atoms with van der Waals surface area (Å²) in [5, 5.41) is 9.16. The molecule has 0 amide bonds. The molecule has 0 bridgehead atoms. The Kier molecular flexibility index (Phi) is 6.14. The van der Waals surface area contributed by atoms with Crippen LogP contribution in [0.1, 0.15) is 105 Å². The molecule has 30 heavy (non-hydrogen) atoms. The molecule has 4 rings (SSSR count). The summed E-state index contributed by atoms with van der Waals surface area (Å²) in [5.41, 5.74) is 0.890. The van der Waals surface area contributed by atoms with Gasteiger partial charge in [-0.05, 0) is 97.7 Å². The fourth-order valence-electron chi connectivity index (χ4n) is 9.09. The molecule has 0 saturated heterocycles. The van der Waals surface area contributed by atoms with Crippen LogP contribution in [0.15, 0.2) is 0 Å². The van der Waals surface area contributed by atoms with Crippen LogP contribution in [0.25, 0.3) is 0 Å². The quantitative estimate of drug-likeness (QED) is 0.521. The number of carboxylic acids is 1. The first kappa shape index (κ1) is 22.3. The molecule has 1 unspecified atom stereocenters. The third-order valence-corrected chi connectivity index (χ3v) is 11.0. The predicted molar refractivity (Wildman–Crippen MR) is 120 cm³/mol. The molecule has 3 heteroatoms. The fourth-order valence-corrected chi connectivity index (χ4v) is 9.09. The highest BCUT2D eigenvalue weighted by Crippen LogP contribution is 2.68. The van der Waals surface area contributed by atoms with E-state index >= 15 is 0 Å². The monoisotopic (exact) mass is 416 g/mol. The number of carbonyl (C=O) groups excluding carboxylic acids is 1. The van der Waals surface area contributed by atoms with Gasteiger partial charge in [-0.1, -0.05) is 40.5 Å². The van der Waals surface area contributed by atoms with Crippen LogP contribution >= 0.6 is 0 Å². The molecular weight excluding hydrogens is 372 g/mol. The van der Waals surface area contributed by atoms with Crippen molar-refractivity contribution in [3.8, 4) is 0 Å². The second-order valence-corrected chi connectivity index (χ2v) is 12.3. The molecule has 4 aliphatic carbocycles. The maximum Gasteiger partial charge on any atom is 0.306 e. The fraction of sp³-hybridized carbons (Fsp3) is 0.926. The normalized spacial score (nSPS) is 45.2. The van der Waals surface area contributed by atoms with Crippen LogP contribution in [0.3, 0.4) is 0 Å². The molecule has 0 aromatic carbocycles. The second-order valence-electron chi connectivity index (χ2n) is 12.3. The van der Waals surface area contributed by atoms with Gasteiger partial charge >= 0.3 is 5.97 Å². The van der Waals surface area contributed by atoms with Crippen molar-refractivity contribution in [2.45, 2.75) is 105 Å². The molecule has 0 heterocycles. The molecule has 0 aromatic rings. The molecule has 0 spiro atoms. The Morgan fingerprint density at radius 1 is 1.00 bits per heavy atom. The van der Waals surface area contributed by atoms with E-state index < -0.39 is 5.97 Å². The van der Waals surface area contributed by atoms with Gasteiger partial charge in [0.1, 0.15) is 5.78 Å². The summed E-state index contributed by atoms with van der Waals surface area (Å²) >= 11 is 0. The van der Waals surface area contributed by atoms with Gasteiger partial charge in [-0.25, -0.2) is 0 Å². The van der Waals surface area contributed by atoms with Gasteiger partial charge in [0.05, 0.1) is 5.92 Å². The van der Waals surface area contributed by atoms with Gasteiger partial charge in [0.15, 0.2) is 0 Å². The van der Waals surface area contributed by atoms with Crippen molar-refractivity contribution < 1.29 is 14.7 Å². The molecule has 4 aliphatic rings. The lowest BCUT2D eigenvalue weighted by Gasteiger charge is -2.60. The summed E-state index contributed by atoms with van der Waals surface area (Å²) in [6.45, 7) is 9.45. The largest absolute Gasteiger partial charge is 0.481 e. The Balaban J connectivity index is 1.42. The van der Waals surface area contributed by atoms with Crippen LogP contribution < -0.4 is 0 Å².